The van der Waals surface area contributed by atoms with Crippen molar-refractivity contribution in [1.29, 1.82) is 0 Å². The van der Waals surface area contributed by atoms with Crippen LogP contribution in [0, 0.1) is 0 Å². The Kier molecular flexibility index (Phi) is 6.98. The lowest BCUT2D eigenvalue weighted by Crippen LogP contribution is -2.21. The number of hydrogen-bond acceptors (Lipinski definition) is 2. The molecular weight excluding hydrogens is 126 g/mol. The molecule has 2 heteroatoms. The van der Waals surface area contributed by atoms with Crippen molar-refractivity contribution in [3.63, 3.8) is 0 Å². The van der Waals surface area contributed by atoms with Crippen LogP contribution >= 0.6 is 0 Å². The minimum Gasteiger partial charge on any atom is -0.382 e. The maximum atomic E-state index is 5.20. The van der Waals surface area contributed by atoms with Crippen LogP contribution in [0.3, 0.4) is 0 Å². The third kappa shape index (κ3) is 6.05. The van der Waals surface area contributed by atoms with Crippen LogP contribution < -0.4 is 5.32 Å². The van der Waals surface area contributed by atoms with Gasteiger partial charge in [-0.15, -0.1) is 0 Å². The molecule has 0 saturated heterocycles. The van der Waals surface area contributed by atoms with Crippen molar-refractivity contribution in [2.24, 2.45) is 0 Å². The lowest BCUT2D eigenvalue weighted by atomic mass is 10.2. The highest BCUT2D eigenvalue weighted by molar-refractivity contribution is 4.55. The first-order valence-electron chi connectivity index (χ1n) is 4.06. The van der Waals surface area contributed by atoms with Crippen molar-refractivity contribution in [2.75, 3.05) is 20.3 Å². The molecular formula is C8H19NO. The molecule has 62 valence electrons. The molecule has 0 aliphatic rings. The van der Waals surface area contributed by atoms with Crippen molar-refractivity contribution < 1.29 is 4.74 Å². The fourth-order valence-corrected chi connectivity index (χ4v) is 0.780. The fraction of sp³-hybridized carbons (Fsp3) is 1.00. The standard InChI is InChI=1S/C8H19NO/c1-4-10-7-5-6-8(2)9-3/h8-9H,4-7H2,1-3H3/t8-/m1/s1. The lowest BCUT2D eigenvalue weighted by molar-refractivity contribution is 0.141. The molecule has 0 aromatic rings. The smallest absolute Gasteiger partial charge is 0.0466 e. The Labute approximate surface area is 64.0 Å². The van der Waals surface area contributed by atoms with Crippen molar-refractivity contribution in [3.05, 3.63) is 0 Å². The average Bonchev–Trinajstić information content (AvgIpc) is 1.98. The highest BCUT2D eigenvalue weighted by Gasteiger charge is 1.95. The van der Waals surface area contributed by atoms with Crippen molar-refractivity contribution in [2.45, 2.75) is 32.7 Å². The normalized spacial score (nSPS) is 13.5. The van der Waals surface area contributed by atoms with Crippen LogP contribution in [-0.2, 0) is 4.74 Å². The maximum absolute atomic E-state index is 5.20. The second-order valence-electron chi connectivity index (χ2n) is 2.53. The molecule has 0 radical (unpaired) electrons. The summed E-state index contributed by atoms with van der Waals surface area (Å²) in [6, 6.07) is 0.625. The minimum absolute atomic E-state index is 0.625. The highest BCUT2D eigenvalue weighted by atomic mass is 16.5. The zero-order valence-electron chi connectivity index (χ0n) is 7.31. The van der Waals surface area contributed by atoms with Gasteiger partial charge in [0.15, 0.2) is 0 Å². The summed E-state index contributed by atoms with van der Waals surface area (Å²) in [4.78, 5) is 0. The maximum Gasteiger partial charge on any atom is 0.0466 e. The largest absolute Gasteiger partial charge is 0.382 e. The summed E-state index contributed by atoms with van der Waals surface area (Å²) in [5, 5.41) is 3.19. The molecule has 0 saturated carbocycles. The Hall–Kier alpha value is -0.0800. The molecule has 1 atom stereocenters. The Morgan fingerprint density at radius 2 is 2.20 bits per heavy atom. The van der Waals surface area contributed by atoms with E-state index < -0.39 is 0 Å². The molecule has 0 amide bonds. The van der Waals surface area contributed by atoms with Gasteiger partial charge in [-0.1, -0.05) is 0 Å². The molecule has 0 aliphatic carbocycles. The van der Waals surface area contributed by atoms with E-state index >= 15 is 0 Å². The third-order valence-corrected chi connectivity index (χ3v) is 1.62. The minimum atomic E-state index is 0.625. The first-order valence-corrected chi connectivity index (χ1v) is 4.06. The summed E-state index contributed by atoms with van der Waals surface area (Å²) in [7, 11) is 1.99. The van der Waals surface area contributed by atoms with E-state index in [2.05, 4.69) is 12.2 Å². The Bertz CT molecular complexity index is 66.3. The van der Waals surface area contributed by atoms with Gasteiger partial charge in [0, 0.05) is 19.3 Å². The zero-order chi connectivity index (χ0) is 7.82. The Morgan fingerprint density at radius 1 is 1.50 bits per heavy atom. The van der Waals surface area contributed by atoms with Crippen LogP contribution in [-0.4, -0.2) is 26.3 Å². The van der Waals surface area contributed by atoms with Crippen LogP contribution in [0.2, 0.25) is 0 Å². The fourth-order valence-electron chi connectivity index (χ4n) is 0.780. The second kappa shape index (κ2) is 7.03. The highest BCUT2D eigenvalue weighted by Crippen LogP contribution is 1.95. The predicted octanol–water partition coefficient (Wildman–Crippen LogP) is 1.41. The summed E-state index contributed by atoms with van der Waals surface area (Å²) in [6.45, 7) is 5.96. The number of nitrogens with one attached hydrogen (secondary N) is 1. The monoisotopic (exact) mass is 145 g/mol. The van der Waals surface area contributed by atoms with E-state index in [9.17, 15) is 0 Å². The summed E-state index contributed by atoms with van der Waals surface area (Å²) >= 11 is 0. The predicted molar refractivity (Wildman–Crippen MR) is 44.2 cm³/mol. The van der Waals surface area contributed by atoms with Gasteiger partial charge in [-0.3, -0.25) is 0 Å². The quantitative estimate of drug-likeness (QED) is 0.571. The number of hydrogen-bond donors (Lipinski definition) is 1. The van der Waals surface area contributed by atoms with Crippen LogP contribution in [0.5, 0.6) is 0 Å². The zero-order valence-corrected chi connectivity index (χ0v) is 7.31. The first-order chi connectivity index (χ1) is 4.81. The SMILES string of the molecule is CCOCCC[C@@H](C)NC. The summed E-state index contributed by atoms with van der Waals surface area (Å²) in [6.07, 6.45) is 2.37. The van der Waals surface area contributed by atoms with Gasteiger partial charge in [-0.2, -0.15) is 0 Å². The van der Waals surface area contributed by atoms with Gasteiger partial charge in [0.2, 0.25) is 0 Å². The molecule has 10 heavy (non-hydrogen) atoms. The van der Waals surface area contributed by atoms with E-state index in [-0.39, 0.29) is 0 Å². The summed E-state index contributed by atoms with van der Waals surface area (Å²) < 4.78 is 5.20. The van der Waals surface area contributed by atoms with Gasteiger partial charge in [-0.05, 0) is 33.7 Å². The van der Waals surface area contributed by atoms with Gasteiger partial charge in [0.05, 0.1) is 0 Å². The molecule has 0 unspecified atom stereocenters. The molecule has 2 nitrogen and oxygen atoms in total. The Morgan fingerprint density at radius 3 is 2.70 bits per heavy atom. The van der Waals surface area contributed by atoms with Gasteiger partial charge in [0.1, 0.15) is 0 Å². The first kappa shape index (κ1) is 9.92. The average molecular weight is 145 g/mol. The van der Waals surface area contributed by atoms with E-state index in [4.69, 9.17) is 4.74 Å². The third-order valence-electron chi connectivity index (χ3n) is 1.62. The van der Waals surface area contributed by atoms with Gasteiger partial charge >= 0.3 is 0 Å². The molecule has 0 aromatic heterocycles. The molecule has 1 N–H and O–H groups in total. The van der Waals surface area contributed by atoms with Crippen LogP contribution in [0.15, 0.2) is 0 Å². The molecule has 0 bridgehead atoms. The van der Waals surface area contributed by atoms with Gasteiger partial charge in [0.25, 0.3) is 0 Å². The lowest BCUT2D eigenvalue weighted by Gasteiger charge is -2.08. The van der Waals surface area contributed by atoms with E-state index in [0.29, 0.717) is 6.04 Å². The number of rotatable bonds is 6. The van der Waals surface area contributed by atoms with E-state index in [0.717, 1.165) is 19.6 Å². The van der Waals surface area contributed by atoms with Crippen molar-refractivity contribution in [3.8, 4) is 0 Å². The van der Waals surface area contributed by atoms with Crippen LogP contribution in [0.4, 0.5) is 0 Å². The molecule has 0 aromatic carbocycles. The number of ether oxygens (including phenoxy) is 1. The van der Waals surface area contributed by atoms with Gasteiger partial charge < -0.3 is 10.1 Å². The Balaban J connectivity index is 2.89. The van der Waals surface area contributed by atoms with Crippen molar-refractivity contribution in [1.82, 2.24) is 5.32 Å². The summed E-state index contributed by atoms with van der Waals surface area (Å²) in [5.41, 5.74) is 0. The second-order valence-corrected chi connectivity index (χ2v) is 2.53. The molecule has 0 heterocycles. The molecule has 0 spiro atoms. The van der Waals surface area contributed by atoms with Gasteiger partial charge in [-0.25, -0.2) is 0 Å². The van der Waals surface area contributed by atoms with E-state index in [1.54, 1.807) is 0 Å². The van der Waals surface area contributed by atoms with E-state index in [1.165, 1.54) is 6.42 Å². The molecule has 0 aliphatic heterocycles. The van der Waals surface area contributed by atoms with Crippen molar-refractivity contribution >= 4 is 0 Å². The molecule has 0 rings (SSSR count). The topological polar surface area (TPSA) is 21.3 Å². The van der Waals surface area contributed by atoms with Crippen LogP contribution in [0.1, 0.15) is 26.7 Å². The van der Waals surface area contributed by atoms with E-state index in [1.807, 2.05) is 14.0 Å². The molecule has 0 fully saturated rings. The summed E-state index contributed by atoms with van der Waals surface area (Å²) in [5.74, 6) is 0. The van der Waals surface area contributed by atoms with Crippen LogP contribution in [0.25, 0.3) is 0 Å².